The number of fused-ring (bicyclic) bond motifs is 3. The molecule has 0 saturated heterocycles. The third-order valence-electron chi connectivity index (χ3n) is 7.39. The zero-order valence-electron chi connectivity index (χ0n) is 21.8. The van der Waals surface area contributed by atoms with E-state index < -0.39 is 5.92 Å². The van der Waals surface area contributed by atoms with Crippen molar-refractivity contribution in [3.63, 3.8) is 0 Å². The number of carbonyl (C=O) groups excluding carboxylic acids is 1. The average molecular weight is 524 g/mol. The van der Waals surface area contributed by atoms with E-state index in [1.807, 2.05) is 66.7 Å². The van der Waals surface area contributed by atoms with Crippen LogP contribution in [0.5, 0.6) is 17.2 Å². The Hall–Kier alpha value is -4.72. The van der Waals surface area contributed by atoms with Crippen molar-refractivity contribution < 1.29 is 19.4 Å². The molecule has 3 heterocycles. The third-order valence-corrected chi connectivity index (χ3v) is 7.39. The van der Waals surface area contributed by atoms with Crippen LogP contribution in [0, 0.1) is 0 Å². The molecule has 1 aliphatic heterocycles. The number of amides is 1. The zero-order valence-corrected chi connectivity index (χ0v) is 21.8. The van der Waals surface area contributed by atoms with Crippen molar-refractivity contribution in [2.45, 2.75) is 19.3 Å². The molecule has 3 aromatic carbocycles. The van der Waals surface area contributed by atoms with E-state index in [4.69, 9.17) is 9.47 Å². The summed E-state index contributed by atoms with van der Waals surface area (Å²) in [7, 11) is 1.72. The van der Waals surface area contributed by atoms with Gasteiger partial charge < -0.3 is 29.4 Å². The molecular weight excluding hydrogens is 494 g/mol. The first kappa shape index (κ1) is 24.6. The van der Waals surface area contributed by atoms with Gasteiger partial charge in [-0.2, -0.15) is 0 Å². The number of H-pyrrole nitrogens is 1. The number of rotatable bonds is 6. The van der Waals surface area contributed by atoms with Crippen LogP contribution in [-0.2, 0) is 18.3 Å². The van der Waals surface area contributed by atoms with Gasteiger partial charge in [0.15, 0.2) is 11.5 Å². The molecule has 2 aromatic heterocycles. The van der Waals surface area contributed by atoms with Gasteiger partial charge in [0.25, 0.3) is 5.56 Å². The number of nitrogens with zero attached hydrogens (tertiary/aromatic N) is 1. The highest BCUT2D eigenvalue weighted by Gasteiger charge is 2.33. The molecule has 0 radical (unpaired) electrons. The van der Waals surface area contributed by atoms with E-state index in [-0.39, 0.29) is 22.8 Å². The van der Waals surface area contributed by atoms with Crippen LogP contribution in [0.3, 0.4) is 0 Å². The van der Waals surface area contributed by atoms with E-state index in [9.17, 15) is 14.7 Å². The lowest BCUT2D eigenvalue weighted by Gasteiger charge is -2.27. The van der Waals surface area contributed by atoms with Gasteiger partial charge in [-0.3, -0.25) is 9.59 Å². The molecule has 198 valence electrons. The monoisotopic (exact) mass is 523 g/mol. The molecule has 39 heavy (non-hydrogen) atoms. The first-order chi connectivity index (χ1) is 19.0. The summed E-state index contributed by atoms with van der Waals surface area (Å²) < 4.78 is 13.6. The Balaban J connectivity index is 1.68. The third kappa shape index (κ3) is 4.18. The molecular formula is C31H29N3O5. The largest absolute Gasteiger partial charge is 0.507 e. The molecule has 0 saturated carbocycles. The van der Waals surface area contributed by atoms with Gasteiger partial charge in [-0.15, -0.1) is 0 Å². The van der Waals surface area contributed by atoms with Crippen LogP contribution in [0.25, 0.3) is 21.8 Å². The van der Waals surface area contributed by atoms with Gasteiger partial charge in [-0.05, 0) is 36.2 Å². The minimum atomic E-state index is -0.704. The number of aromatic nitrogens is 2. The number of benzene rings is 3. The number of aryl methyl sites for hydroxylation is 1. The van der Waals surface area contributed by atoms with Crippen LogP contribution >= 0.6 is 0 Å². The second-order valence-corrected chi connectivity index (χ2v) is 9.74. The smallest absolute Gasteiger partial charge is 0.258 e. The van der Waals surface area contributed by atoms with Crippen molar-refractivity contribution >= 4 is 27.7 Å². The first-order valence-corrected chi connectivity index (χ1v) is 13.0. The fourth-order valence-electron chi connectivity index (χ4n) is 5.64. The van der Waals surface area contributed by atoms with Gasteiger partial charge in [-0.1, -0.05) is 42.5 Å². The Morgan fingerprint density at radius 2 is 1.77 bits per heavy atom. The van der Waals surface area contributed by atoms with Crippen LogP contribution in [-0.4, -0.2) is 40.3 Å². The molecule has 0 spiro atoms. The molecule has 1 aliphatic rings. The number of pyridine rings is 1. The molecule has 1 amide bonds. The summed E-state index contributed by atoms with van der Waals surface area (Å²) in [6.07, 6.45) is 0.524. The highest BCUT2D eigenvalue weighted by molar-refractivity contribution is 5.89. The Morgan fingerprint density at radius 1 is 1.03 bits per heavy atom. The maximum absolute atomic E-state index is 14.0. The average Bonchev–Trinajstić information content (AvgIpc) is 3.31. The Bertz CT molecular complexity index is 1790. The Morgan fingerprint density at radius 3 is 2.59 bits per heavy atom. The molecule has 8 nitrogen and oxygen atoms in total. The van der Waals surface area contributed by atoms with Gasteiger partial charge in [0.1, 0.15) is 19.0 Å². The first-order valence-electron chi connectivity index (χ1n) is 13.0. The van der Waals surface area contributed by atoms with Gasteiger partial charge >= 0.3 is 0 Å². The predicted octanol–water partition coefficient (Wildman–Crippen LogP) is 4.36. The summed E-state index contributed by atoms with van der Waals surface area (Å²) in [5.41, 5.74) is 3.89. The number of para-hydroxylation sites is 3. The lowest BCUT2D eigenvalue weighted by atomic mass is 9.84. The number of aromatic amines is 1. The van der Waals surface area contributed by atoms with Crippen LogP contribution in [0.4, 0.5) is 0 Å². The van der Waals surface area contributed by atoms with E-state index in [0.717, 1.165) is 22.2 Å². The molecule has 0 aliphatic carbocycles. The van der Waals surface area contributed by atoms with Gasteiger partial charge in [0.2, 0.25) is 5.91 Å². The van der Waals surface area contributed by atoms with E-state index >= 15 is 0 Å². The molecule has 0 fully saturated rings. The number of hydrogen-bond acceptors (Lipinski definition) is 5. The summed E-state index contributed by atoms with van der Waals surface area (Å²) in [6, 6.07) is 20.9. The fraction of sp³-hybridized carbons (Fsp3) is 0.226. The maximum atomic E-state index is 14.0. The van der Waals surface area contributed by atoms with E-state index in [0.29, 0.717) is 54.1 Å². The fourth-order valence-corrected chi connectivity index (χ4v) is 5.64. The molecule has 1 atom stereocenters. The van der Waals surface area contributed by atoms with Crippen LogP contribution in [0.2, 0.25) is 0 Å². The number of nitrogens with one attached hydrogen (secondary N) is 2. The van der Waals surface area contributed by atoms with Crippen LogP contribution < -0.4 is 20.3 Å². The second-order valence-electron chi connectivity index (χ2n) is 9.74. The quantitative estimate of drug-likeness (QED) is 0.307. The zero-order chi connectivity index (χ0) is 27.1. The summed E-state index contributed by atoms with van der Waals surface area (Å²) in [5.74, 6) is 0.257. The van der Waals surface area contributed by atoms with E-state index in [1.165, 1.54) is 6.92 Å². The highest BCUT2D eigenvalue weighted by Crippen LogP contribution is 2.46. The van der Waals surface area contributed by atoms with Crippen LogP contribution in [0.15, 0.2) is 71.5 Å². The second kappa shape index (κ2) is 9.87. The lowest BCUT2D eigenvalue weighted by Crippen LogP contribution is -2.27. The summed E-state index contributed by atoms with van der Waals surface area (Å²) >= 11 is 0. The summed E-state index contributed by atoms with van der Waals surface area (Å²) in [4.78, 5) is 29.3. The predicted molar refractivity (Wildman–Crippen MR) is 150 cm³/mol. The molecule has 1 unspecified atom stereocenters. The van der Waals surface area contributed by atoms with E-state index in [2.05, 4.69) is 10.3 Å². The van der Waals surface area contributed by atoms with Gasteiger partial charge in [-0.25, -0.2) is 0 Å². The lowest BCUT2D eigenvalue weighted by molar-refractivity contribution is -0.118. The maximum Gasteiger partial charge on any atom is 0.258 e. The Labute approximate surface area is 224 Å². The van der Waals surface area contributed by atoms with Crippen molar-refractivity contribution in [3.05, 3.63) is 99.5 Å². The van der Waals surface area contributed by atoms with Gasteiger partial charge in [0, 0.05) is 48.1 Å². The SMILES string of the molecule is CC(=O)NCCc1c(C(c2cccc3c2OCCO3)c2c(O)c3ccccc3n(C)c2=O)[nH]c2ccccc12. The normalized spacial score (nSPS) is 13.5. The molecule has 8 heteroatoms. The molecule has 3 N–H and O–H groups in total. The highest BCUT2D eigenvalue weighted by atomic mass is 16.6. The Kier molecular flexibility index (Phi) is 6.23. The van der Waals surface area contributed by atoms with Crippen molar-refractivity contribution in [1.29, 1.82) is 0 Å². The van der Waals surface area contributed by atoms with Crippen molar-refractivity contribution in [2.75, 3.05) is 19.8 Å². The number of carbonyl (C=O) groups is 1. The number of aromatic hydroxyl groups is 1. The van der Waals surface area contributed by atoms with Crippen molar-refractivity contribution in [2.24, 2.45) is 7.05 Å². The minimum Gasteiger partial charge on any atom is -0.507 e. The summed E-state index contributed by atoms with van der Waals surface area (Å²) in [5, 5.41) is 16.2. The molecule has 5 aromatic rings. The number of ether oxygens (including phenoxy) is 2. The molecule has 0 bridgehead atoms. The van der Waals surface area contributed by atoms with Crippen molar-refractivity contribution in [1.82, 2.24) is 14.9 Å². The van der Waals surface area contributed by atoms with Crippen LogP contribution in [0.1, 0.15) is 35.2 Å². The van der Waals surface area contributed by atoms with E-state index in [1.54, 1.807) is 11.6 Å². The topological polar surface area (TPSA) is 106 Å². The van der Waals surface area contributed by atoms with Gasteiger partial charge in [0.05, 0.1) is 17.0 Å². The molecule has 6 rings (SSSR count). The number of hydrogen-bond donors (Lipinski definition) is 3. The standard InChI is InChI=1S/C31H29N3O5/c1-18(35)32-15-14-20-19-8-3-5-11-23(19)33-28(20)26(22-10-7-13-25-30(22)39-17-16-38-25)27-29(36)21-9-4-6-12-24(21)34(2)31(27)37/h3-13,26,33,36H,14-17H2,1-2H3,(H,32,35). The minimum absolute atomic E-state index is 0.0699. The summed E-state index contributed by atoms with van der Waals surface area (Å²) in [6.45, 7) is 2.72. The van der Waals surface area contributed by atoms with Crippen molar-refractivity contribution in [3.8, 4) is 17.2 Å².